The smallest absolute Gasteiger partial charge is 0.264 e. The molecule has 1 amide bonds. The van der Waals surface area contributed by atoms with Gasteiger partial charge in [0.25, 0.3) is 15.9 Å². The second-order valence-corrected chi connectivity index (χ2v) is 10.7. The Morgan fingerprint density at radius 2 is 1.58 bits per heavy atom. The summed E-state index contributed by atoms with van der Waals surface area (Å²) in [5, 5.41) is 4.63. The minimum atomic E-state index is -3.98. The molecule has 0 radical (unpaired) electrons. The van der Waals surface area contributed by atoms with Crippen molar-refractivity contribution in [2.75, 3.05) is 10.8 Å². The van der Waals surface area contributed by atoms with Gasteiger partial charge in [0.2, 0.25) is 0 Å². The Bertz CT molecular complexity index is 1510. The number of amides is 1. The quantitative estimate of drug-likeness (QED) is 0.207. The van der Waals surface area contributed by atoms with Crippen molar-refractivity contribution in [3.8, 4) is 5.75 Å². The zero-order valence-corrected chi connectivity index (χ0v) is 22.2. The highest BCUT2D eigenvalue weighted by molar-refractivity contribution is 7.92. The lowest BCUT2D eigenvalue weighted by molar-refractivity contribution is -0.119. The summed E-state index contributed by atoms with van der Waals surface area (Å²) in [5.41, 5.74) is 5.33. The number of anilines is 1. The molecule has 0 bridgehead atoms. The van der Waals surface area contributed by atoms with Crippen LogP contribution in [0.4, 0.5) is 5.69 Å². The fourth-order valence-electron chi connectivity index (χ4n) is 3.52. The zero-order chi connectivity index (χ0) is 27.0. The molecule has 0 aliphatic heterocycles. The van der Waals surface area contributed by atoms with Gasteiger partial charge in [-0.1, -0.05) is 65.7 Å². The van der Waals surface area contributed by atoms with Crippen molar-refractivity contribution < 1.29 is 17.9 Å². The van der Waals surface area contributed by atoms with Gasteiger partial charge >= 0.3 is 0 Å². The molecule has 7 nitrogen and oxygen atoms in total. The van der Waals surface area contributed by atoms with Gasteiger partial charge in [0.05, 0.1) is 16.8 Å². The molecule has 0 heterocycles. The van der Waals surface area contributed by atoms with Gasteiger partial charge in [0.1, 0.15) is 18.9 Å². The lowest BCUT2D eigenvalue weighted by atomic mass is 10.2. The summed E-state index contributed by atoms with van der Waals surface area (Å²) in [7, 11) is -3.98. The van der Waals surface area contributed by atoms with Crippen LogP contribution in [0.5, 0.6) is 5.75 Å². The molecule has 0 saturated heterocycles. The monoisotopic (exact) mass is 547 g/mol. The number of aryl methyl sites for hydroxylation is 1. The first-order valence-corrected chi connectivity index (χ1v) is 13.6. The van der Waals surface area contributed by atoms with Crippen molar-refractivity contribution in [3.63, 3.8) is 0 Å². The van der Waals surface area contributed by atoms with Gasteiger partial charge in [-0.3, -0.25) is 9.10 Å². The van der Waals surface area contributed by atoms with Gasteiger partial charge in [-0.05, 0) is 67.1 Å². The number of para-hydroxylation sites is 1. The number of benzene rings is 4. The molecule has 0 aliphatic rings. The van der Waals surface area contributed by atoms with Crippen LogP contribution in [0, 0.1) is 6.92 Å². The standard InChI is InChI=1S/C29H26ClN3O4S/c1-22-11-17-27(18-12-22)38(35,36)33(25-8-3-2-4-9-25)20-29(34)32-31-19-23-13-15-26(16-14-23)37-21-24-7-5-6-10-28(24)30/h2-19H,20-21H2,1H3,(H,32,34)/b31-19-. The molecule has 38 heavy (non-hydrogen) atoms. The number of ether oxygens (including phenoxy) is 1. The number of carbonyl (C=O) groups excluding carboxylic acids is 1. The van der Waals surface area contributed by atoms with Crippen LogP contribution >= 0.6 is 11.6 Å². The molecule has 0 saturated carbocycles. The van der Waals surface area contributed by atoms with Crippen molar-refractivity contribution in [2.45, 2.75) is 18.4 Å². The summed E-state index contributed by atoms with van der Waals surface area (Å²) < 4.78 is 33.5. The number of carbonyl (C=O) groups is 1. The van der Waals surface area contributed by atoms with Crippen LogP contribution in [-0.4, -0.2) is 27.1 Å². The van der Waals surface area contributed by atoms with Gasteiger partial charge in [0, 0.05) is 10.6 Å². The Morgan fingerprint density at radius 1 is 0.921 bits per heavy atom. The lowest BCUT2D eigenvalue weighted by Gasteiger charge is -2.23. The third-order valence-corrected chi connectivity index (χ3v) is 7.73. The van der Waals surface area contributed by atoms with E-state index >= 15 is 0 Å². The van der Waals surface area contributed by atoms with Crippen LogP contribution in [0.2, 0.25) is 5.02 Å². The van der Waals surface area contributed by atoms with E-state index in [0.29, 0.717) is 23.1 Å². The van der Waals surface area contributed by atoms with E-state index in [2.05, 4.69) is 10.5 Å². The number of hydrazone groups is 1. The van der Waals surface area contributed by atoms with E-state index < -0.39 is 22.5 Å². The first kappa shape index (κ1) is 26.9. The number of nitrogens with one attached hydrogen (secondary N) is 1. The highest BCUT2D eigenvalue weighted by Gasteiger charge is 2.27. The molecule has 9 heteroatoms. The molecule has 4 rings (SSSR count). The second-order valence-electron chi connectivity index (χ2n) is 8.40. The van der Waals surface area contributed by atoms with Crippen molar-refractivity contribution in [1.82, 2.24) is 5.43 Å². The first-order valence-electron chi connectivity index (χ1n) is 11.8. The maximum atomic E-state index is 13.4. The van der Waals surface area contributed by atoms with Crippen LogP contribution in [0.15, 0.2) is 113 Å². The number of rotatable bonds is 10. The third-order valence-electron chi connectivity index (χ3n) is 5.58. The van der Waals surface area contributed by atoms with Crippen LogP contribution in [0.3, 0.4) is 0 Å². The Morgan fingerprint density at radius 3 is 2.26 bits per heavy atom. The van der Waals surface area contributed by atoms with Crippen molar-refractivity contribution in [1.29, 1.82) is 0 Å². The maximum Gasteiger partial charge on any atom is 0.264 e. The van der Waals surface area contributed by atoms with E-state index in [1.807, 2.05) is 31.2 Å². The SMILES string of the molecule is Cc1ccc(S(=O)(=O)N(CC(=O)N/N=C\c2ccc(OCc3ccccc3Cl)cc2)c2ccccc2)cc1. The Kier molecular flexibility index (Phi) is 8.78. The predicted molar refractivity (Wildman–Crippen MR) is 150 cm³/mol. The molecular weight excluding hydrogens is 522 g/mol. The van der Waals surface area contributed by atoms with E-state index in [-0.39, 0.29) is 4.90 Å². The fourth-order valence-corrected chi connectivity index (χ4v) is 5.13. The summed E-state index contributed by atoms with van der Waals surface area (Å²) in [6.07, 6.45) is 1.47. The number of halogens is 1. The van der Waals surface area contributed by atoms with E-state index in [1.54, 1.807) is 66.7 Å². The molecule has 4 aromatic carbocycles. The van der Waals surface area contributed by atoms with E-state index in [1.165, 1.54) is 18.3 Å². The number of sulfonamides is 1. The Labute approximate surface area is 227 Å². The molecule has 194 valence electrons. The van der Waals surface area contributed by atoms with E-state index in [4.69, 9.17) is 16.3 Å². The molecular formula is C29H26ClN3O4S. The molecule has 0 aliphatic carbocycles. The van der Waals surface area contributed by atoms with Crippen molar-refractivity contribution in [3.05, 3.63) is 125 Å². The van der Waals surface area contributed by atoms with Crippen molar-refractivity contribution >= 4 is 39.4 Å². The largest absolute Gasteiger partial charge is 0.489 e. The van der Waals surface area contributed by atoms with Gasteiger partial charge in [0.15, 0.2) is 0 Å². The Balaban J connectivity index is 1.39. The normalized spacial score (nSPS) is 11.3. The number of hydrogen-bond donors (Lipinski definition) is 1. The summed E-state index contributed by atoms with van der Waals surface area (Å²) in [5.74, 6) is 0.0754. The molecule has 1 N–H and O–H groups in total. The molecule has 0 atom stereocenters. The van der Waals surface area contributed by atoms with Crippen molar-refractivity contribution in [2.24, 2.45) is 5.10 Å². The maximum absolute atomic E-state index is 13.4. The zero-order valence-electron chi connectivity index (χ0n) is 20.6. The van der Waals surface area contributed by atoms with Crippen LogP contribution < -0.4 is 14.5 Å². The van der Waals surface area contributed by atoms with E-state index in [0.717, 1.165) is 21.0 Å². The highest BCUT2D eigenvalue weighted by atomic mass is 35.5. The number of hydrogen-bond acceptors (Lipinski definition) is 5. The van der Waals surface area contributed by atoms with Crippen LogP contribution in [-0.2, 0) is 21.4 Å². The molecule has 0 spiro atoms. The van der Waals surface area contributed by atoms with E-state index in [9.17, 15) is 13.2 Å². The minimum absolute atomic E-state index is 0.0973. The fraction of sp³-hybridized carbons (Fsp3) is 0.103. The molecule has 0 fully saturated rings. The number of nitrogens with zero attached hydrogens (tertiary/aromatic N) is 2. The summed E-state index contributed by atoms with van der Waals surface area (Å²) >= 11 is 6.16. The second kappa shape index (κ2) is 12.4. The van der Waals surface area contributed by atoms with Crippen LogP contribution in [0.25, 0.3) is 0 Å². The van der Waals surface area contributed by atoms with Crippen LogP contribution in [0.1, 0.15) is 16.7 Å². The van der Waals surface area contributed by atoms with Gasteiger partial charge in [-0.15, -0.1) is 0 Å². The first-order chi connectivity index (χ1) is 18.3. The summed E-state index contributed by atoms with van der Waals surface area (Å²) in [6, 6.07) is 29.6. The van der Waals surface area contributed by atoms with Gasteiger partial charge in [-0.25, -0.2) is 13.8 Å². The lowest BCUT2D eigenvalue weighted by Crippen LogP contribution is -2.39. The van der Waals surface area contributed by atoms with Gasteiger partial charge < -0.3 is 4.74 Å². The average Bonchev–Trinajstić information content (AvgIpc) is 2.93. The minimum Gasteiger partial charge on any atom is -0.489 e. The average molecular weight is 548 g/mol. The highest BCUT2D eigenvalue weighted by Crippen LogP contribution is 2.23. The third kappa shape index (κ3) is 7.00. The Hall–Kier alpha value is -4.14. The predicted octanol–water partition coefficient (Wildman–Crippen LogP) is 5.57. The van der Waals surface area contributed by atoms with Gasteiger partial charge in [-0.2, -0.15) is 5.10 Å². The molecule has 0 unspecified atom stereocenters. The summed E-state index contributed by atoms with van der Waals surface area (Å²) in [6.45, 7) is 1.77. The summed E-state index contributed by atoms with van der Waals surface area (Å²) in [4.78, 5) is 12.8. The topological polar surface area (TPSA) is 88.1 Å². The molecule has 4 aromatic rings. The molecule has 0 aromatic heterocycles.